The molecule has 2 aliphatic rings. The Labute approximate surface area is 188 Å². The summed E-state index contributed by atoms with van der Waals surface area (Å²) < 4.78 is 8.58. The van der Waals surface area contributed by atoms with E-state index in [-0.39, 0.29) is 6.10 Å². The van der Waals surface area contributed by atoms with Crippen LogP contribution < -0.4 is 0 Å². The van der Waals surface area contributed by atoms with Crippen molar-refractivity contribution in [2.45, 2.75) is 44.3 Å². The van der Waals surface area contributed by atoms with E-state index < -0.39 is 6.09 Å². The molecule has 1 fully saturated rings. The lowest BCUT2D eigenvalue weighted by Crippen LogP contribution is -2.42. The fraction of sp³-hybridized carbons (Fsp3) is 0.435. The summed E-state index contributed by atoms with van der Waals surface area (Å²) in [5.41, 5.74) is 3.96. The predicted octanol–water partition coefficient (Wildman–Crippen LogP) is 6.22. The molecule has 1 aliphatic carbocycles. The molecule has 154 valence electrons. The van der Waals surface area contributed by atoms with Crippen LogP contribution in [0.5, 0.6) is 0 Å². The molecule has 1 amide bonds. The van der Waals surface area contributed by atoms with Crippen molar-refractivity contribution >= 4 is 38.0 Å². The number of carbonyl (C=O) groups is 1. The van der Waals surface area contributed by atoms with Crippen LogP contribution in [0.25, 0.3) is 0 Å². The van der Waals surface area contributed by atoms with Crippen molar-refractivity contribution in [1.82, 2.24) is 4.90 Å². The number of halogens is 2. The summed E-state index contributed by atoms with van der Waals surface area (Å²) >= 11 is 7.11. The van der Waals surface area contributed by atoms with Gasteiger partial charge >= 0.3 is 6.09 Å². The molecular formula is C23H25Br2NO3. The zero-order chi connectivity index (χ0) is 20.4. The maximum absolute atomic E-state index is 11.3. The lowest BCUT2D eigenvalue weighted by atomic mass is 9.71. The van der Waals surface area contributed by atoms with Gasteiger partial charge in [0.15, 0.2) is 0 Å². The second-order valence-corrected chi connectivity index (χ2v) is 9.83. The molecule has 2 aromatic carbocycles. The second kappa shape index (κ2) is 9.19. The Bertz CT molecular complexity index is 860. The molecule has 1 N–H and O–H groups in total. The van der Waals surface area contributed by atoms with E-state index in [4.69, 9.17) is 4.74 Å². The lowest BCUT2D eigenvalue weighted by molar-refractivity contribution is -0.00981. The van der Waals surface area contributed by atoms with Gasteiger partial charge in [-0.1, -0.05) is 56.1 Å². The van der Waals surface area contributed by atoms with Crippen molar-refractivity contribution in [1.29, 1.82) is 0 Å². The van der Waals surface area contributed by atoms with Crippen LogP contribution in [0.1, 0.15) is 41.9 Å². The molecule has 4 rings (SSSR count). The highest BCUT2D eigenvalue weighted by atomic mass is 79.9. The first-order chi connectivity index (χ1) is 14.0. The Morgan fingerprint density at radius 3 is 2.45 bits per heavy atom. The van der Waals surface area contributed by atoms with Gasteiger partial charge in [0.1, 0.15) is 0 Å². The number of rotatable bonds is 4. The van der Waals surface area contributed by atoms with Gasteiger partial charge in [-0.2, -0.15) is 0 Å². The molecule has 1 aliphatic heterocycles. The van der Waals surface area contributed by atoms with Crippen molar-refractivity contribution in [3.63, 3.8) is 0 Å². The first kappa shape index (κ1) is 20.9. The van der Waals surface area contributed by atoms with E-state index in [1.54, 1.807) is 4.90 Å². The highest BCUT2D eigenvalue weighted by Gasteiger charge is 2.38. The van der Waals surface area contributed by atoms with E-state index >= 15 is 0 Å². The summed E-state index contributed by atoms with van der Waals surface area (Å²) in [5.74, 6) is 0.776. The van der Waals surface area contributed by atoms with Gasteiger partial charge in [-0.05, 0) is 66.5 Å². The summed E-state index contributed by atoms with van der Waals surface area (Å²) in [5, 5.41) is 9.29. The third-order valence-electron chi connectivity index (χ3n) is 6.22. The van der Waals surface area contributed by atoms with Crippen LogP contribution in [0.3, 0.4) is 0 Å². The van der Waals surface area contributed by atoms with Gasteiger partial charge in [0, 0.05) is 28.0 Å². The zero-order valence-electron chi connectivity index (χ0n) is 16.2. The minimum Gasteiger partial charge on any atom is -0.465 e. The number of ether oxygens (including phenoxy) is 1. The molecule has 0 radical (unpaired) electrons. The molecule has 2 atom stereocenters. The summed E-state index contributed by atoms with van der Waals surface area (Å²) in [4.78, 5) is 12.8. The number of likely N-dealkylation sites (tertiary alicyclic amines) is 1. The summed E-state index contributed by atoms with van der Waals surface area (Å²) in [7, 11) is 0. The molecule has 4 nitrogen and oxygen atoms in total. The molecule has 2 unspecified atom stereocenters. The Kier molecular flexibility index (Phi) is 6.62. The maximum atomic E-state index is 11.3. The average molecular weight is 523 g/mol. The van der Waals surface area contributed by atoms with Crippen LogP contribution in [0.15, 0.2) is 51.4 Å². The largest absolute Gasteiger partial charge is 0.465 e. The third-order valence-corrected chi connectivity index (χ3v) is 7.13. The van der Waals surface area contributed by atoms with E-state index in [1.165, 1.54) is 11.1 Å². The number of hydrogen-bond acceptors (Lipinski definition) is 2. The van der Waals surface area contributed by atoms with E-state index in [0.717, 1.165) is 40.2 Å². The minimum atomic E-state index is -0.805. The number of aryl methyl sites for hydroxylation is 1. The van der Waals surface area contributed by atoms with Crippen molar-refractivity contribution in [3.05, 3.63) is 68.1 Å². The molecular weight excluding hydrogens is 498 g/mol. The molecule has 0 saturated carbocycles. The fourth-order valence-electron chi connectivity index (χ4n) is 4.86. The van der Waals surface area contributed by atoms with Gasteiger partial charge in [0.05, 0.1) is 12.7 Å². The van der Waals surface area contributed by atoms with Crippen LogP contribution in [0.2, 0.25) is 0 Å². The first-order valence-electron chi connectivity index (χ1n) is 10.1. The Morgan fingerprint density at radius 1 is 1.07 bits per heavy atom. The van der Waals surface area contributed by atoms with Crippen LogP contribution in [0.4, 0.5) is 4.79 Å². The van der Waals surface area contributed by atoms with E-state index in [2.05, 4.69) is 68.3 Å². The SMILES string of the molecule is O=C(O)N1CCC(C2c3ccccc3CCC2OCc2cc(Br)cc(Br)c2)CC1. The van der Waals surface area contributed by atoms with E-state index in [1.807, 2.05) is 6.07 Å². The standard InChI is InChI=1S/C23H25Br2NO3/c24-18-11-15(12-19(25)13-18)14-29-21-6-5-16-3-1-2-4-20(16)22(21)17-7-9-26(10-8-17)23(27)28/h1-4,11-13,17,21-22H,5-10,14H2,(H,27,28). The number of hydrogen-bond donors (Lipinski definition) is 1. The predicted molar refractivity (Wildman–Crippen MR) is 120 cm³/mol. The number of piperidine rings is 1. The molecule has 1 heterocycles. The summed E-state index contributed by atoms with van der Waals surface area (Å²) in [6, 6.07) is 14.9. The Hall–Kier alpha value is -1.37. The second-order valence-electron chi connectivity index (χ2n) is 8.00. The number of nitrogens with zero attached hydrogens (tertiary/aromatic N) is 1. The van der Waals surface area contributed by atoms with Crippen LogP contribution >= 0.6 is 31.9 Å². The van der Waals surface area contributed by atoms with Crippen LogP contribution in [-0.2, 0) is 17.8 Å². The Balaban J connectivity index is 1.53. The topological polar surface area (TPSA) is 49.8 Å². The van der Waals surface area contributed by atoms with Gasteiger partial charge < -0.3 is 14.7 Å². The van der Waals surface area contributed by atoms with Crippen molar-refractivity contribution in [3.8, 4) is 0 Å². The maximum Gasteiger partial charge on any atom is 0.407 e. The number of amides is 1. The number of fused-ring (bicyclic) bond motifs is 1. The fourth-order valence-corrected chi connectivity index (χ4v) is 6.25. The van der Waals surface area contributed by atoms with Gasteiger partial charge in [-0.3, -0.25) is 0 Å². The summed E-state index contributed by atoms with van der Waals surface area (Å²) in [6.07, 6.45) is 3.19. The quantitative estimate of drug-likeness (QED) is 0.518. The van der Waals surface area contributed by atoms with Crippen LogP contribution in [-0.4, -0.2) is 35.3 Å². The van der Waals surface area contributed by atoms with Crippen molar-refractivity contribution in [2.24, 2.45) is 5.92 Å². The van der Waals surface area contributed by atoms with E-state index in [9.17, 15) is 9.90 Å². The highest BCUT2D eigenvalue weighted by Crippen LogP contribution is 2.43. The van der Waals surface area contributed by atoms with Crippen LogP contribution in [0, 0.1) is 5.92 Å². The van der Waals surface area contributed by atoms with Crippen molar-refractivity contribution < 1.29 is 14.6 Å². The average Bonchev–Trinajstić information content (AvgIpc) is 2.71. The summed E-state index contributed by atoms with van der Waals surface area (Å²) in [6.45, 7) is 1.81. The third kappa shape index (κ3) is 4.86. The molecule has 1 saturated heterocycles. The minimum absolute atomic E-state index is 0.157. The highest BCUT2D eigenvalue weighted by molar-refractivity contribution is 9.11. The van der Waals surface area contributed by atoms with Gasteiger partial charge in [0.25, 0.3) is 0 Å². The van der Waals surface area contributed by atoms with Gasteiger partial charge in [0.2, 0.25) is 0 Å². The molecule has 0 aromatic heterocycles. The normalized spacial score (nSPS) is 22.3. The van der Waals surface area contributed by atoms with Gasteiger partial charge in [-0.15, -0.1) is 0 Å². The monoisotopic (exact) mass is 521 g/mol. The Morgan fingerprint density at radius 2 is 1.76 bits per heavy atom. The zero-order valence-corrected chi connectivity index (χ0v) is 19.4. The van der Waals surface area contributed by atoms with E-state index in [0.29, 0.717) is 31.5 Å². The van der Waals surface area contributed by atoms with Crippen molar-refractivity contribution in [2.75, 3.05) is 13.1 Å². The first-order valence-corrected chi connectivity index (χ1v) is 11.7. The lowest BCUT2D eigenvalue weighted by Gasteiger charge is -2.41. The number of benzene rings is 2. The smallest absolute Gasteiger partial charge is 0.407 e. The molecule has 2 aromatic rings. The molecule has 29 heavy (non-hydrogen) atoms. The number of carboxylic acid groups (broad SMARTS) is 1. The molecule has 0 bridgehead atoms. The molecule has 6 heteroatoms. The molecule has 0 spiro atoms. The van der Waals surface area contributed by atoms with Gasteiger partial charge in [-0.25, -0.2) is 4.79 Å².